The van der Waals surface area contributed by atoms with E-state index < -0.39 is 0 Å². The van der Waals surface area contributed by atoms with Gasteiger partial charge < -0.3 is 9.64 Å². The molecule has 2 aromatic heterocycles. The highest BCUT2D eigenvalue weighted by atomic mass is 16.5. The Morgan fingerprint density at radius 3 is 2.61 bits per heavy atom. The number of carbonyl (C=O) groups excluding carboxylic acids is 1. The molecule has 2 heterocycles. The van der Waals surface area contributed by atoms with Crippen LogP contribution in [0.25, 0.3) is 5.78 Å². The van der Waals surface area contributed by atoms with Crippen molar-refractivity contribution < 1.29 is 9.53 Å². The molecular formula is C23H23N5O3. The predicted octanol–water partition coefficient (Wildman–Crippen LogP) is 2.90. The summed E-state index contributed by atoms with van der Waals surface area (Å²) in [6, 6.07) is 18.6. The van der Waals surface area contributed by atoms with E-state index in [1.165, 1.54) is 10.6 Å². The molecule has 0 bridgehead atoms. The van der Waals surface area contributed by atoms with E-state index in [1.54, 1.807) is 25.0 Å². The van der Waals surface area contributed by atoms with Crippen molar-refractivity contribution in [2.45, 2.75) is 26.3 Å². The van der Waals surface area contributed by atoms with E-state index >= 15 is 0 Å². The first-order chi connectivity index (χ1) is 15.0. The number of rotatable bonds is 7. The van der Waals surface area contributed by atoms with Crippen LogP contribution in [-0.2, 0) is 17.8 Å². The fourth-order valence-corrected chi connectivity index (χ4v) is 3.45. The Morgan fingerprint density at radius 2 is 1.84 bits per heavy atom. The van der Waals surface area contributed by atoms with E-state index in [-0.39, 0.29) is 23.8 Å². The fourth-order valence-electron chi connectivity index (χ4n) is 3.45. The lowest BCUT2D eigenvalue weighted by atomic mass is 10.1. The largest absolute Gasteiger partial charge is 0.495 e. The number of methoxy groups -OCH3 is 1. The highest BCUT2D eigenvalue weighted by Crippen LogP contribution is 2.29. The van der Waals surface area contributed by atoms with Gasteiger partial charge in [0, 0.05) is 18.2 Å². The number of hydrogen-bond donors (Lipinski definition) is 1. The first-order valence-corrected chi connectivity index (χ1v) is 9.98. The summed E-state index contributed by atoms with van der Waals surface area (Å²) in [5.41, 5.74) is 2.06. The summed E-state index contributed by atoms with van der Waals surface area (Å²) in [7, 11) is 1.57. The number of aromatic amines is 1. The Labute approximate surface area is 179 Å². The first-order valence-electron chi connectivity index (χ1n) is 9.98. The SMILES string of the molecule is COc1ccccc1N(Cc1nc2nc(C)cc(=O)n2[nH]1)C(=O)CCc1ccccc1. The number of anilines is 1. The molecule has 0 unspecified atom stereocenters. The molecule has 0 spiro atoms. The van der Waals surface area contributed by atoms with Crippen LogP contribution in [0.4, 0.5) is 5.69 Å². The maximum absolute atomic E-state index is 13.3. The van der Waals surface area contributed by atoms with Crippen molar-refractivity contribution in [2.75, 3.05) is 12.0 Å². The van der Waals surface area contributed by atoms with Gasteiger partial charge in [-0.25, -0.2) is 4.98 Å². The molecule has 31 heavy (non-hydrogen) atoms. The van der Waals surface area contributed by atoms with Crippen molar-refractivity contribution in [2.24, 2.45) is 0 Å². The molecule has 0 aliphatic carbocycles. The Hall–Kier alpha value is -3.94. The number of amides is 1. The van der Waals surface area contributed by atoms with Crippen LogP contribution in [0.3, 0.4) is 0 Å². The zero-order valence-electron chi connectivity index (χ0n) is 17.4. The zero-order valence-corrected chi connectivity index (χ0v) is 17.4. The normalized spacial score (nSPS) is 10.9. The van der Waals surface area contributed by atoms with Crippen LogP contribution < -0.4 is 15.2 Å². The standard InChI is InChI=1S/C23H23N5O3/c1-16-14-22(30)28-23(24-16)25-20(26-28)15-27(18-10-6-7-11-19(18)31-2)21(29)13-12-17-8-4-3-5-9-17/h3-11,14H,12-13,15H2,1-2H3,(H,24,25,26). The van der Waals surface area contributed by atoms with Crippen molar-refractivity contribution in [1.82, 2.24) is 19.6 Å². The molecule has 4 rings (SSSR count). The average Bonchev–Trinajstić information content (AvgIpc) is 3.19. The number of benzene rings is 2. The Morgan fingerprint density at radius 1 is 1.10 bits per heavy atom. The Bertz CT molecular complexity index is 1260. The molecule has 1 N–H and O–H groups in total. The van der Waals surface area contributed by atoms with Gasteiger partial charge in [-0.05, 0) is 31.0 Å². The monoisotopic (exact) mass is 417 g/mol. The summed E-state index contributed by atoms with van der Waals surface area (Å²) in [5.74, 6) is 1.23. The van der Waals surface area contributed by atoms with Crippen molar-refractivity contribution in [3.05, 3.63) is 88.1 Å². The van der Waals surface area contributed by atoms with Gasteiger partial charge in [0.15, 0.2) is 0 Å². The van der Waals surface area contributed by atoms with Gasteiger partial charge in [0.2, 0.25) is 5.91 Å². The van der Waals surface area contributed by atoms with Crippen LogP contribution in [0.15, 0.2) is 65.5 Å². The number of fused-ring (bicyclic) bond motifs is 1. The molecular weight excluding hydrogens is 394 g/mol. The number of carbonyl (C=O) groups is 1. The van der Waals surface area contributed by atoms with Crippen molar-refractivity contribution >= 4 is 17.4 Å². The summed E-state index contributed by atoms with van der Waals surface area (Å²) < 4.78 is 6.75. The summed E-state index contributed by atoms with van der Waals surface area (Å²) in [4.78, 5) is 35.8. The maximum Gasteiger partial charge on any atom is 0.274 e. The van der Waals surface area contributed by atoms with E-state index in [1.807, 2.05) is 48.5 Å². The molecule has 158 valence electrons. The minimum atomic E-state index is -0.250. The number of H-pyrrole nitrogens is 1. The van der Waals surface area contributed by atoms with Gasteiger partial charge >= 0.3 is 0 Å². The molecule has 0 aliphatic rings. The quantitative estimate of drug-likeness (QED) is 0.499. The molecule has 1 amide bonds. The maximum atomic E-state index is 13.3. The topological polar surface area (TPSA) is 92.6 Å². The van der Waals surface area contributed by atoms with Gasteiger partial charge in [0.1, 0.15) is 11.6 Å². The second kappa shape index (κ2) is 8.83. The zero-order chi connectivity index (χ0) is 21.8. The average molecular weight is 417 g/mol. The highest BCUT2D eigenvalue weighted by Gasteiger charge is 2.21. The summed E-state index contributed by atoms with van der Waals surface area (Å²) in [5, 5.41) is 2.95. The van der Waals surface area contributed by atoms with Crippen LogP contribution in [0.1, 0.15) is 23.5 Å². The van der Waals surface area contributed by atoms with Crippen molar-refractivity contribution in [1.29, 1.82) is 0 Å². The third-order valence-corrected chi connectivity index (χ3v) is 4.96. The third-order valence-electron chi connectivity index (χ3n) is 4.96. The number of aromatic nitrogens is 4. The van der Waals surface area contributed by atoms with Gasteiger partial charge in [-0.2, -0.15) is 9.50 Å². The van der Waals surface area contributed by atoms with E-state index in [0.717, 1.165) is 5.56 Å². The smallest absolute Gasteiger partial charge is 0.274 e. The van der Waals surface area contributed by atoms with Crippen LogP contribution in [0.2, 0.25) is 0 Å². The van der Waals surface area contributed by atoms with Gasteiger partial charge in [-0.15, -0.1) is 0 Å². The molecule has 4 aromatic rings. The van der Waals surface area contributed by atoms with Crippen LogP contribution >= 0.6 is 0 Å². The molecule has 0 aliphatic heterocycles. The third kappa shape index (κ3) is 4.48. The number of para-hydroxylation sites is 2. The minimum Gasteiger partial charge on any atom is -0.495 e. The van der Waals surface area contributed by atoms with Gasteiger partial charge in [0.05, 0.1) is 19.3 Å². The van der Waals surface area contributed by atoms with Gasteiger partial charge in [-0.1, -0.05) is 42.5 Å². The van der Waals surface area contributed by atoms with Crippen LogP contribution in [0.5, 0.6) is 5.75 Å². The summed E-state index contributed by atoms with van der Waals surface area (Å²) in [6.07, 6.45) is 0.936. The number of nitrogens with zero attached hydrogens (tertiary/aromatic N) is 4. The molecule has 8 nitrogen and oxygen atoms in total. The summed E-state index contributed by atoms with van der Waals surface area (Å²) >= 11 is 0. The minimum absolute atomic E-state index is 0.0784. The van der Waals surface area contributed by atoms with Gasteiger partial charge in [-0.3, -0.25) is 14.7 Å². The predicted molar refractivity (Wildman–Crippen MR) is 117 cm³/mol. The van der Waals surface area contributed by atoms with E-state index in [9.17, 15) is 9.59 Å². The van der Waals surface area contributed by atoms with E-state index in [4.69, 9.17) is 4.74 Å². The number of nitrogens with one attached hydrogen (secondary N) is 1. The second-order valence-electron chi connectivity index (χ2n) is 7.18. The number of ether oxygens (including phenoxy) is 1. The molecule has 0 atom stereocenters. The molecule has 8 heteroatoms. The van der Waals surface area contributed by atoms with E-state index in [0.29, 0.717) is 35.8 Å². The van der Waals surface area contributed by atoms with Crippen LogP contribution in [0, 0.1) is 6.92 Å². The lowest BCUT2D eigenvalue weighted by Gasteiger charge is -2.23. The molecule has 0 saturated carbocycles. The van der Waals surface area contributed by atoms with Crippen molar-refractivity contribution in [3.8, 4) is 5.75 Å². The summed E-state index contributed by atoms with van der Waals surface area (Å²) in [6.45, 7) is 1.89. The Balaban J connectivity index is 1.66. The lowest BCUT2D eigenvalue weighted by Crippen LogP contribution is -2.31. The second-order valence-corrected chi connectivity index (χ2v) is 7.18. The lowest BCUT2D eigenvalue weighted by molar-refractivity contribution is -0.118. The van der Waals surface area contributed by atoms with Crippen LogP contribution in [-0.4, -0.2) is 32.6 Å². The fraction of sp³-hybridized carbons (Fsp3) is 0.217. The number of aryl methyl sites for hydroxylation is 2. The Kier molecular flexibility index (Phi) is 5.79. The number of hydrogen-bond acceptors (Lipinski definition) is 5. The molecule has 0 fully saturated rings. The molecule has 2 aromatic carbocycles. The van der Waals surface area contributed by atoms with E-state index in [2.05, 4.69) is 15.1 Å². The molecule has 0 radical (unpaired) electrons. The first kappa shape index (κ1) is 20.3. The highest BCUT2D eigenvalue weighted by molar-refractivity contribution is 5.94. The van der Waals surface area contributed by atoms with Gasteiger partial charge in [0.25, 0.3) is 11.3 Å². The molecule has 0 saturated heterocycles. The van der Waals surface area contributed by atoms with Crippen molar-refractivity contribution in [3.63, 3.8) is 0 Å².